The quantitative estimate of drug-likeness (QED) is 0.522. The van der Waals surface area contributed by atoms with Crippen LogP contribution in [0.25, 0.3) is 11.3 Å². The van der Waals surface area contributed by atoms with E-state index in [1.807, 2.05) is 17.9 Å². The zero-order valence-electron chi connectivity index (χ0n) is 18.5. The summed E-state index contributed by atoms with van der Waals surface area (Å²) in [6, 6.07) is 2.68. The maximum absolute atomic E-state index is 9.51. The van der Waals surface area contributed by atoms with Gasteiger partial charge < -0.3 is 11.1 Å². The number of nitrogens with two attached hydrogens (primary N) is 1. The van der Waals surface area contributed by atoms with Crippen LogP contribution in [0, 0.1) is 29.6 Å². The minimum atomic E-state index is 0.439. The number of unbranched alkanes of at least 4 members (excludes halogenated alkanes) is 1. The number of nitrogens with zero attached hydrogens (tertiary/aromatic N) is 5. The van der Waals surface area contributed by atoms with E-state index >= 15 is 0 Å². The summed E-state index contributed by atoms with van der Waals surface area (Å²) in [7, 11) is 1.97. The van der Waals surface area contributed by atoms with E-state index in [-0.39, 0.29) is 0 Å². The largest absolute Gasteiger partial charge is 0.351 e. The molecule has 7 nitrogen and oxygen atoms in total. The highest BCUT2D eigenvalue weighted by Gasteiger charge is 2.26. The lowest BCUT2D eigenvalue weighted by Crippen LogP contribution is -2.23. The lowest BCUT2D eigenvalue weighted by molar-refractivity contribution is 0.461. The number of anilines is 1. The van der Waals surface area contributed by atoms with Crippen molar-refractivity contribution in [2.24, 2.45) is 18.7 Å². The molecule has 0 aromatic carbocycles. The Bertz CT molecular complexity index is 924. The molecule has 3 N–H and O–H groups in total. The first-order valence-corrected chi connectivity index (χ1v) is 11.3. The van der Waals surface area contributed by atoms with Gasteiger partial charge >= 0.3 is 0 Å². The van der Waals surface area contributed by atoms with Gasteiger partial charge in [0.05, 0.1) is 23.7 Å². The van der Waals surface area contributed by atoms with Crippen LogP contribution in [0.4, 0.5) is 5.95 Å². The number of terminal acetylenes is 1. The van der Waals surface area contributed by atoms with Gasteiger partial charge in [0.1, 0.15) is 6.07 Å². The second kappa shape index (κ2) is 11.5. The van der Waals surface area contributed by atoms with Crippen LogP contribution in [-0.2, 0) is 13.5 Å². The number of aryl methyl sites for hydroxylation is 1. The average molecular weight is 420 g/mol. The molecule has 2 saturated carbocycles. The van der Waals surface area contributed by atoms with Crippen molar-refractivity contribution in [3.63, 3.8) is 0 Å². The summed E-state index contributed by atoms with van der Waals surface area (Å²) in [5.74, 6) is 3.87. The number of rotatable bonds is 7. The van der Waals surface area contributed by atoms with Crippen LogP contribution in [0.2, 0.25) is 0 Å². The van der Waals surface area contributed by atoms with Gasteiger partial charge in [-0.05, 0) is 51.0 Å². The average Bonchev–Trinajstić information content (AvgIpc) is 3.55. The van der Waals surface area contributed by atoms with Crippen molar-refractivity contribution in [3.8, 4) is 29.7 Å². The van der Waals surface area contributed by atoms with Crippen LogP contribution in [0.1, 0.15) is 69.0 Å². The SMILES string of the molecule is C#CCCCN.Cn1ncc(-c2nc(NC3CCCCC3)ncc2C#N)c1CC1CC1. The number of hydrogen-bond acceptors (Lipinski definition) is 6. The molecule has 4 rings (SSSR count). The molecule has 0 radical (unpaired) electrons. The molecule has 2 aliphatic carbocycles. The molecule has 164 valence electrons. The predicted octanol–water partition coefficient (Wildman–Crippen LogP) is 3.80. The summed E-state index contributed by atoms with van der Waals surface area (Å²) >= 11 is 0. The van der Waals surface area contributed by atoms with E-state index in [0.717, 1.165) is 30.7 Å². The maximum Gasteiger partial charge on any atom is 0.223 e. The zero-order chi connectivity index (χ0) is 22.1. The van der Waals surface area contributed by atoms with Crippen LogP contribution in [0.5, 0.6) is 0 Å². The van der Waals surface area contributed by atoms with Crippen molar-refractivity contribution >= 4 is 5.95 Å². The first-order valence-electron chi connectivity index (χ1n) is 11.3. The fourth-order valence-electron chi connectivity index (χ4n) is 3.87. The molecule has 2 heterocycles. The minimum absolute atomic E-state index is 0.439. The molecule has 2 aliphatic rings. The topological polar surface area (TPSA) is 105 Å². The Kier molecular flexibility index (Phi) is 8.44. The van der Waals surface area contributed by atoms with E-state index in [9.17, 15) is 5.26 Å². The molecule has 0 bridgehead atoms. The van der Waals surface area contributed by atoms with Crippen molar-refractivity contribution in [3.05, 3.63) is 23.7 Å². The van der Waals surface area contributed by atoms with Crippen molar-refractivity contribution in [1.82, 2.24) is 19.7 Å². The highest BCUT2D eigenvalue weighted by molar-refractivity contribution is 5.69. The molecule has 31 heavy (non-hydrogen) atoms. The lowest BCUT2D eigenvalue weighted by atomic mass is 9.96. The molecule has 2 aromatic rings. The third-order valence-electron chi connectivity index (χ3n) is 5.87. The van der Waals surface area contributed by atoms with Crippen LogP contribution < -0.4 is 11.1 Å². The maximum atomic E-state index is 9.51. The van der Waals surface area contributed by atoms with Gasteiger partial charge in [-0.3, -0.25) is 4.68 Å². The van der Waals surface area contributed by atoms with Crippen molar-refractivity contribution in [1.29, 1.82) is 5.26 Å². The second-order valence-electron chi connectivity index (χ2n) is 8.42. The van der Waals surface area contributed by atoms with E-state index in [2.05, 4.69) is 27.4 Å². The number of nitrogens with one attached hydrogen (secondary N) is 1. The lowest BCUT2D eigenvalue weighted by Gasteiger charge is -2.22. The molecular weight excluding hydrogens is 386 g/mol. The van der Waals surface area contributed by atoms with E-state index < -0.39 is 0 Å². The van der Waals surface area contributed by atoms with Crippen molar-refractivity contribution in [2.45, 2.75) is 70.3 Å². The molecule has 0 amide bonds. The fraction of sp³-hybridized carbons (Fsp3) is 0.583. The Morgan fingerprint density at radius 2 is 2.00 bits per heavy atom. The van der Waals surface area contributed by atoms with Gasteiger partial charge in [0, 0.05) is 30.8 Å². The summed E-state index contributed by atoms with van der Waals surface area (Å²) in [6.07, 6.45) is 19.9. The molecular formula is C24H33N7. The molecule has 0 unspecified atom stereocenters. The second-order valence-corrected chi connectivity index (χ2v) is 8.42. The molecule has 0 spiro atoms. The summed E-state index contributed by atoms with van der Waals surface area (Å²) in [5.41, 5.74) is 8.48. The normalized spacial score (nSPS) is 16.0. The van der Waals surface area contributed by atoms with Gasteiger partial charge in [-0.25, -0.2) is 9.97 Å². The molecule has 0 saturated heterocycles. The van der Waals surface area contributed by atoms with Crippen molar-refractivity contribution in [2.75, 3.05) is 11.9 Å². The van der Waals surface area contributed by atoms with Gasteiger partial charge in [0.25, 0.3) is 0 Å². The summed E-state index contributed by atoms with van der Waals surface area (Å²) in [5, 5.41) is 17.4. The van der Waals surface area contributed by atoms with E-state index in [1.54, 1.807) is 6.20 Å². The number of hydrogen-bond donors (Lipinski definition) is 2. The summed E-state index contributed by atoms with van der Waals surface area (Å²) < 4.78 is 1.92. The highest BCUT2D eigenvalue weighted by Crippen LogP contribution is 2.36. The molecule has 7 heteroatoms. The Labute approximate surface area is 185 Å². The fourth-order valence-corrected chi connectivity index (χ4v) is 3.87. The Hall–Kier alpha value is -2.90. The zero-order valence-corrected chi connectivity index (χ0v) is 18.5. The molecule has 0 aliphatic heterocycles. The van der Waals surface area contributed by atoms with Gasteiger partial charge in [-0.15, -0.1) is 12.3 Å². The smallest absolute Gasteiger partial charge is 0.223 e. The Morgan fingerprint density at radius 3 is 2.61 bits per heavy atom. The van der Waals surface area contributed by atoms with Gasteiger partial charge in [0.2, 0.25) is 5.95 Å². The molecule has 0 atom stereocenters. The van der Waals surface area contributed by atoms with Crippen LogP contribution >= 0.6 is 0 Å². The molecule has 2 fully saturated rings. The first-order chi connectivity index (χ1) is 15.2. The third-order valence-corrected chi connectivity index (χ3v) is 5.87. The summed E-state index contributed by atoms with van der Waals surface area (Å²) in [4.78, 5) is 9.08. The Balaban J connectivity index is 0.000000401. The number of aromatic nitrogens is 4. The predicted molar refractivity (Wildman–Crippen MR) is 123 cm³/mol. The van der Waals surface area contributed by atoms with E-state index in [1.165, 1.54) is 50.6 Å². The van der Waals surface area contributed by atoms with Gasteiger partial charge in [0.15, 0.2) is 0 Å². The Morgan fingerprint density at radius 1 is 1.23 bits per heavy atom. The van der Waals surface area contributed by atoms with Crippen LogP contribution in [0.3, 0.4) is 0 Å². The monoisotopic (exact) mass is 419 g/mol. The van der Waals surface area contributed by atoms with Crippen LogP contribution in [0.15, 0.2) is 12.4 Å². The van der Waals surface area contributed by atoms with Crippen molar-refractivity contribution < 1.29 is 0 Å². The highest BCUT2D eigenvalue weighted by atomic mass is 15.3. The minimum Gasteiger partial charge on any atom is -0.351 e. The number of nitriles is 1. The standard InChI is InChI=1S/C19H24N6.C5H9N/c1-25-17(9-13-7-8-13)16(12-22-25)18-14(10-20)11-21-19(24-18)23-15-5-3-2-4-6-15;1-2-3-4-5-6/h11-13,15H,2-9H2,1H3,(H,21,23,24);1H,3-6H2. The van der Waals surface area contributed by atoms with Gasteiger partial charge in [-0.1, -0.05) is 19.3 Å². The van der Waals surface area contributed by atoms with Gasteiger partial charge in [-0.2, -0.15) is 10.4 Å². The van der Waals surface area contributed by atoms with E-state index in [0.29, 0.717) is 29.8 Å². The third kappa shape index (κ3) is 6.54. The first kappa shape index (κ1) is 22.8. The molecule has 2 aromatic heterocycles. The van der Waals surface area contributed by atoms with Crippen LogP contribution in [-0.4, -0.2) is 32.3 Å². The summed E-state index contributed by atoms with van der Waals surface area (Å²) in [6.45, 7) is 0.712. The van der Waals surface area contributed by atoms with E-state index in [4.69, 9.17) is 17.1 Å².